The molecule has 0 spiro atoms. The maximum Gasteiger partial charge on any atom is 0.296 e. The Hall–Kier alpha value is -3.03. The average Bonchev–Trinajstić information content (AvgIpc) is 3.03. The van der Waals surface area contributed by atoms with Crippen LogP contribution in [0.25, 0.3) is 11.0 Å². The predicted octanol–water partition coefficient (Wildman–Crippen LogP) is 2.41. The van der Waals surface area contributed by atoms with Crippen LogP contribution in [0.5, 0.6) is 5.75 Å². The van der Waals surface area contributed by atoms with Crippen molar-refractivity contribution in [1.82, 2.24) is 13.7 Å². The number of hydrogen-bond donors (Lipinski definition) is 3. The standard InChI is InChI=1S/C13H10N6O5S2/c1-6(20)14-13-8(21)3-5-10(15-13)17-16-7-2-4-9(26(22,23)24)12-11(7)18-25-19-12/h2-5,21H,1H3,(H,14,15,20)(H,22,23,24)/b17-16+. The van der Waals surface area contributed by atoms with Gasteiger partial charge in [0.1, 0.15) is 21.6 Å². The third-order valence-electron chi connectivity index (χ3n) is 3.05. The molecule has 2 aromatic heterocycles. The first kappa shape index (κ1) is 17.8. The second-order valence-electron chi connectivity index (χ2n) is 4.94. The molecule has 3 aromatic rings. The summed E-state index contributed by atoms with van der Waals surface area (Å²) in [5.74, 6) is -0.640. The molecule has 11 nitrogen and oxygen atoms in total. The number of fused-ring (bicyclic) bond motifs is 1. The van der Waals surface area contributed by atoms with E-state index in [0.29, 0.717) is 0 Å². The molecule has 0 aliphatic heterocycles. The zero-order chi connectivity index (χ0) is 18.9. The Balaban J connectivity index is 2.00. The Morgan fingerprint density at radius 3 is 2.58 bits per heavy atom. The lowest BCUT2D eigenvalue weighted by Crippen LogP contribution is -2.07. The van der Waals surface area contributed by atoms with Crippen LogP contribution in [0.4, 0.5) is 17.3 Å². The third kappa shape index (κ3) is 3.63. The van der Waals surface area contributed by atoms with Gasteiger partial charge in [-0.2, -0.15) is 17.2 Å². The minimum atomic E-state index is -4.45. The summed E-state index contributed by atoms with van der Waals surface area (Å²) < 4.78 is 39.8. The van der Waals surface area contributed by atoms with Crippen LogP contribution in [0.15, 0.2) is 39.4 Å². The van der Waals surface area contributed by atoms with Crippen molar-refractivity contribution in [2.45, 2.75) is 11.8 Å². The lowest BCUT2D eigenvalue weighted by Gasteiger charge is -2.04. The molecule has 0 fully saturated rings. The first-order chi connectivity index (χ1) is 12.3. The van der Waals surface area contributed by atoms with Crippen LogP contribution >= 0.6 is 11.7 Å². The van der Waals surface area contributed by atoms with E-state index in [1.165, 1.54) is 25.1 Å². The molecule has 0 unspecified atom stereocenters. The SMILES string of the molecule is CC(=O)Nc1nc(/N=N/c2ccc(S(=O)(=O)O)c3nsnc23)ccc1O. The molecule has 0 aliphatic carbocycles. The summed E-state index contributed by atoms with van der Waals surface area (Å²) in [6.07, 6.45) is 0. The first-order valence-corrected chi connectivity index (χ1v) is 9.05. The monoisotopic (exact) mass is 394 g/mol. The minimum Gasteiger partial charge on any atom is -0.504 e. The van der Waals surface area contributed by atoms with Crippen LogP contribution in [0.1, 0.15) is 6.92 Å². The fourth-order valence-electron chi connectivity index (χ4n) is 1.98. The zero-order valence-electron chi connectivity index (χ0n) is 13.0. The molecule has 0 bridgehead atoms. The number of pyridine rings is 1. The van der Waals surface area contributed by atoms with Crippen molar-refractivity contribution >= 4 is 56.1 Å². The van der Waals surface area contributed by atoms with Gasteiger partial charge in [-0.1, -0.05) is 0 Å². The minimum absolute atomic E-state index is 0.0217. The van der Waals surface area contributed by atoms with Gasteiger partial charge in [0.15, 0.2) is 17.4 Å². The highest BCUT2D eigenvalue weighted by Crippen LogP contribution is 2.31. The lowest BCUT2D eigenvalue weighted by atomic mass is 10.3. The van der Waals surface area contributed by atoms with Crippen molar-refractivity contribution in [2.24, 2.45) is 10.2 Å². The Morgan fingerprint density at radius 1 is 1.15 bits per heavy atom. The molecule has 0 radical (unpaired) electrons. The van der Waals surface area contributed by atoms with E-state index in [1.54, 1.807) is 0 Å². The van der Waals surface area contributed by atoms with Gasteiger partial charge in [-0.15, -0.1) is 10.2 Å². The number of rotatable bonds is 4. The summed E-state index contributed by atoms with van der Waals surface area (Å²) in [4.78, 5) is 14.6. The quantitative estimate of drug-likeness (QED) is 0.448. The smallest absolute Gasteiger partial charge is 0.296 e. The van der Waals surface area contributed by atoms with E-state index in [1.807, 2.05) is 0 Å². The fraction of sp³-hybridized carbons (Fsp3) is 0.0769. The van der Waals surface area contributed by atoms with Crippen molar-refractivity contribution in [1.29, 1.82) is 0 Å². The second kappa shape index (κ2) is 6.70. The highest BCUT2D eigenvalue weighted by atomic mass is 32.2. The summed E-state index contributed by atoms with van der Waals surface area (Å²) in [5, 5.41) is 19.8. The molecule has 1 amide bonds. The van der Waals surface area contributed by atoms with Crippen LogP contribution in [0, 0.1) is 0 Å². The largest absolute Gasteiger partial charge is 0.504 e. The number of amides is 1. The number of nitrogens with zero attached hydrogens (tertiary/aromatic N) is 5. The number of azo groups is 1. The summed E-state index contributed by atoms with van der Waals surface area (Å²) in [5.41, 5.74) is 0.332. The maximum absolute atomic E-state index is 11.4. The summed E-state index contributed by atoms with van der Waals surface area (Å²) in [6, 6.07) is 5.10. The number of nitrogens with one attached hydrogen (secondary N) is 1. The molecule has 0 aliphatic rings. The van der Waals surface area contributed by atoms with Gasteiger partial charge < -0.3 is 10.4 Å². The molecule has 0 saturated heterocycles. The van der Waals surface area contributed by atoms with Gasteiger partial charge in [-0.05, 0) is 24.3 Å². The van der Waals surface area contributed by atoms with Crippen LogP contribution in [-0.2, 0) is 14.9 Å². The Kier molecular flexibility index (Phi) is 4.58. The maximum atomic E-state index is 11.4. The number of benzene rings is 1. The van der Waals surface area contributed by atoms with Gasteiger partial charge in [0.25, 0.3) is 10.1 Å². The molecule has 26 heavy (non-hydrogen) atoms. The van der Waals surface area contributed by atoms with Gasteiger partial charge in [0.05, 0.1) is 11.7 Å². The van der Waals surface area contributed by atoms with E-state index >= 15 is 0 Å². The second-order valence-corrected chi connectivity index (χ2v) is 6.86. The molecule has 0 saturated carbocycles. The lowest BCUT2D eigenvalue weighted by molar-refractivity contribution is -0.114. The predicted molar refractivity (Wildman–Crippen MR) is 91.6 cm³/mol. The number of anilines is 1. The van der Waals surface area contributed by atoms with Gasteiger partial charge in [0.2, 0.25) is 5.91 Å². The van der Waals surface area contributed by atoms with Crippen LogP contribution in [0.2, 0.25) is 0 Å². The van der Waals surface area contributed by atoms with Gasteiger partial charge in [-0.3, -0.25) is 9.35 Å². The van der Waals surface area contributed by atoms with Gasteiger partial charge >= 0.3 is 0 Å². The van der Waals surface area contributed by atoms with Crippen molar-refractivity contribution in [3.05, 3.63) is 24.3 Å². The fourth-order valence-corrected chi connectivity index (χ4v) is 3.23. The van der Waals surface area contributed by atoms with Gasteiger partial charge in [-0.25, -0.2) is 4.98 Å². The molecule has 0 atom stereocenters. The van der Waals surface area contributed by atoms with E-state index in [4.69, 9.17) is 0 Å². The zero-order valence-corrected chi connectivity index (χ0v) is 14.6. The van der Waals surface area contributed by atoms with E-state index in [-0.39, 0.29) is 39.0 Å². The third-order valence-corrected chi connectivity index (χ3v) is 4.46. The van der Waals surface area contributed by atoms with Crippen LogP contribution in [-0.4, -0.2) is 37.7 Å². The molecule has 3 rings (SSSR count). The number of aromatic nitrogens is 3. The Morgan fingerprint density at radius 2 is 1.88 bits per heavy atom. The van der Waals surface area contributed by atoms with Crippen molar-refractivity contribution < 1.29 is 22.9 Å². The van der Waals surface area contributed by atoms with Crippen LogP contribution in [0.3, 0.4) is 0 Å². The van der Waals surface area contributed by atoms with E-state index in [2.05, 4.69) is 29.3 Å². The summed E-state index contributed by atoms with van der Waals surface area (Å²) in [6.45, 7) is 1.26. The molecular formula is C13H10N6O5S2. The number of carbonyl (C=O) groups is 1. The Bertz CT molecular complexity index is 1140. The van der Waals surface area contributed by atoms with Crippen molar-refractivity contribution in [3.8, 4) is 5.75 Å². The highest BCUT2D eigenvalue weighted by molar-refractivity contribution is 7.86. The molecular weight excluding hydrogens is 384 g/mol. The first-order valence-electron chi connectivity index (χ1n) is 6.88. The molecule has 134 valence electrons. The van der Waals surface area contributed by atoms with E-state index in [9.17, 15) is 22.9 Å². The highest BCUT2D eigenvalue weighted by Gasteiger charge is 2.19. The number of carbonyl (C=O) groups excluding carboxylic acids is 1. The Labute approximate surface area is 150 Å². The van der Waals surface area contributed by atoms with Gasteiger partial charge in [0, 0.05) is 6.92 Å². The molecule has 2 heterocycles. The van der Waals surface area contributed by atoms with Crippen LogP contribution < -0.4 is 5.32 Å². The summed E-state index contributed by atoms with van der Waals surface area (Å²) in [7, 11) is -4.45. The normalized spacial score (nSPS) is 11.9. The number of aromatic hydroxyl groups is 1. The van der Waals surface area contributed by atoms with Crippen molar-refractivity contribution in [2.75, 3.05) is 5.32 Å². The number of hydrogen-bond acceptors (Lipinski definition) is 10. The molecule has 13 heteroatoms. The van der Waals surface area contributed by atoms with E-state index in [0.717, 1.165) is 17.8 Å². The van der Waals surface area contributed by atoms with Crippen molar-refractivity contribution in [3.63, 3.8) is 0 Å². The summed E-state index contributed by atoms with van der Waals surface area (Å²) >= 11 is 0.757. The van der Waals surface area contributed by atoms with E-state index < -0.39 is 16.0 Å². The molecule has 1 aromatic carbocycles. The molecule has 3 N–H and O–H groups in total. The average molecular weight is 394 g/mol. The topological polar surface area (TPSA) is 167 Å².